The first-order valence-electron chi connectivity index (χ1n) is 6.50. The summed E-state index contributed by atoms with van der Waals surface area (Å²) in [6.07, 6.45) is 7.75. The van der Waals surface area contributed by atoms with E-state index in [4.69, 9.17) is 0 Å². The quantitative estimate of drug-likeness (QED) is 0.582. The minimum absolute atomic E-state index is 0.815. The van der Waals surface area contributed by atoms with Crippen molar-refractivity contribution in [1.82, 2.24) is 0 Å². The second kappa shape index (κ2) is 5.68. The first-order chi connectivity index (χ1) is 9.38. The molecule has 0 fully saturated rings. The molecular weight excluding hydrogens is 272 g/mol. The molecule has 0 spiro atoms. The van der Waals surface area contributed by atoms with Gasteiger partial charge in [0.2, 0.25) is 0 Å². The van der Waals surface area contributed by atoms with Crippen LogP contribution in [-0.2, 0) is 12.8 Å². The highest BCUT2D eigenvalue weighted by Crippen LogP contribution is 2.38. The molecule has 0 saturated heterocycles. The summed E-state index contributed by atoms with van der Waals surface area (Å²) in [5, 5.41) is 12.3. The van der Waals surface area contributed by atoms with Gasteiger partial charge in [0.1, 0.15) is 11.1 Å². The Labute approximate surface area is 121 Å². The van der Waals surface area contributed by atoms with Crippen LogP contribution in [0.15, 0.2) is 22.5 Å². The van der Waals surface area contributed by atoms with E-state index in [1.54, 1.807) is 22.7 Å². The number of thiophene rings is 2. The van der Waals surface area contributed by atoms with E-state index in [9.17, 15) is 5.26 Å². The molecular formula is C15H14N2S2. The summed E-state index contributed by atoms with van der Waals surface area (Å²) in [6, 6.07) is 6.42. The highest BCUT2D eigenvalue weighted by Gasteiger charge is 2.19. The van der Waals surface area contributed by atoms with Crippen LogP contribution in [0.5, 0.6) is 0 Å². The third-order valence-electron chi connectivity index (χ3n) is 3.37. The summed E-state index contributed by atoms with van der Waals surface area (Å²) in [6.45, 7) is 0. The van der Waals surface area contributed by atoms with Gasteiger partial charge in [-0.3, -0.25) is 0 Å². The third kappa shape index (κ3) is 2.63. The standard InChI is InChI=1S/C15H14N2S2/c16-9-13-12-6-2-1-3-7-14(12)19-15(13)17-10-11-5-4-8-18-11/h4-5,8,10H,1-3,6-7H2. The van der Waals surface area contributed by atoms with Gasteiger partial charge in [0.25, 0.3) is 0 Å². The molecule has 2 aromatic rings. The van der Waals surface area contributed by atoms with Crippen molar-refractivity contribution in [2.45, 2.75) is 32.1 Å². The number of hydrogen-bond donors (Lipinski definition) is 0. The number of rotatable bonds is 2. The minimum Gasteiger partial charge on any atom is -0.243 e. The molecule has 2 nitrogen and oxygen atoms in total. The van der Waals surface area contributed by atoms with Gasteiger partial charge in [-0.25, -0.2) is 4.99 Å². The molecule has 0 aliphatic heterocycles. The molecule has 0 amide bonds. The highest BCUT2D eigenvalue weighted by atomic mass is 32.1. The van der Waals surface area contributed by atoms with E-state index in [-0.39, 0.29) is 0 Å². The summed E-state index contributed by atoms with van der Waals surface area (Å²) >= 11 is 3.37. The Morgan fingerprint density at radius 1 is 1.26 bits per heavy atom. The van der Waals surface area contributed by atoms with Crippen molar-refractivity contribution in [2.75, 3.05) is 0 Å². The zero-order valence-corrected chi connectivity index (χ0v) is 12.2. The van der Waals surface area contributed by atoms with Gasteiger partial charge in [0.15, 0.2) is 0 Å². The number of hydrogen-bond acceptors (Lipinski definition) is 4. The average molecular weight is 286 g/mol. The fraction of sp³-hybridized carbons (Fsp3) is 0.333. The van der Waals surface area contributed by atoms with Crippen LogP contribution in [0.4, 0.5) is 5.00 Å². The summed E-state index contributed by atoms with van der Waals surface area (Å²) < 4.78 is 0. The maximum Gasteiger partial charge on any atom is 0.134 e. The molecule has 0 atom stereocenters. The van der Waals surface area contributed by atoms with Crippen molar-refractivity contribution in [2.24, 2.45) is 4.99 Å². The third-order valence-corrected chi connectivity index (χ3v) is 5.37. The Balaban J connectivity index is 1.96. The zero-order valence-electron chi connectivity index (χ0n) is 10.6. The van der Waals surface area contributed by atoms with Crippen molar-refractivity contribution in [1.29, 1.82) is 5.26 Å². The van der Waals surface area contributed by atoms with Crippen molar-refractivity contribution in [3.05, 3.63) is 38.4 Å². The minimum atomic E-state index is 0.815. The first kappa shape index (κ1) is 12.6. The Morgan fingerprint density at radius 3 is 2.95 bits per heavy atom. The molecule has 0 bridgehead atoms. The van der Waals surface area contributed by atoms with Crippen molar-refractivity contribution in [3.8, 4) is 6.07 Å². The molecule has 3 rings (SSSR count). The lowest BCUT2D eigenvalue weighted by atomic mass is 10.1. The molecule has 2 aromatic heterocycles. The van der Waals surface area contributed by atoms with Crippen LogP contribution in [0, 0.1) is 11.3 Å². The van der Waals surface area contributed by atoms with E-state index in [2.05, 4.69) is 11.1 Å². The number of aliphatic imine (C=N–C) groups is 1. The molecule has 0 aromatic carbocycles. The van der Waals surface area contributed by atoms with Crippen LogP contribution in [0.25, 0.3) is 0 Å². The summed E-state index contributed by atoms with van der Waals surface area (Å²) in [5.74, 6) is 0. The van der Waals surface area contributed by atoms with Crippen LogP contribution >= 0.6 is 22.7 Å². The summed E-state index contributed by atoms with van der Waals surface area (Å²) in [4.78, 5) is 7.05. The second-order valence-electron chi connectivity index (χ2n) is 4.63. The molecule has 1 aliphatic rings. The van der Waals surface area contributed by atoms with E-state index in [0.29, 0.717) is 0 Å². The summed E-state index contributed by atoms with van der Waals surface area (Å²) in [7, 11) is 0. The van der Waals surface area contributed by atoms with E-state index in [1.807, 2.05) is 23.7 Å². The smallest absolute Gasteiger partial charge is 0.134 e. The molecule has 96 valence electrons. The number of nitriles is 1. The van der Waals surface area contributed by atoms with Crippen molar-refractivity contribution < 1.29 is 0 Å². The lowest BCUT2D eigenvalue weighted by Crippen LogP contribution is -1.87. The Bertz CT molecular complexity index is 630. The summed E-state index contributed by atoms with van der Waals surface area (Å²) in [5.41, 5.74) is 2.08. The Kier molecular flexibility index (Phi) is 3.77. The van der Waals surface area contributed by atoms with Crippen LogP contribution in [0.2, 0.25) is 0 Å². The largest absolute Gasteiger partial charge is 0.243 e. The van der Waals surface area contributed by atoms with Crippen LogP contribution in [0.3, 0.4) is 0 Å². The lowest BCUT2D eigenvalue weighted by molar-refractivity contribution is 0.712. The van der Waals surface area contributed by atoms with Gasteiger partial charge in [0, 0.05) is 16.0 Å². The maximum atomic E-state index is 9.40. The zero-order chi connectivity index (χ0) is 13.1. The SMILES string of the molecule is N#Cc1c(N=Cc2cccs2)sc2c1CCCCC2. The lowest BCUT2D eigenvalue weighted by Gasteiger charge is -1.96. The second-order valence-corrected chi connectivity index (χ2v) is 6.69. The van der Waals surface area contributed by atoms with E-state index >= 15 is 0 Å². The molecule has 19 heavy (non-hydrogen) atoms. The molecule has 0 radical (unpaired) electrons. The van der Waals surface area contributed by atoms with Gasteiger partial charge in [-0.1, -0.05) is 12.5 Å². The molecule has 1 aliphatic carbocycles. The number of fused-ring (bicyclic) bond motifs is 1. The van der Waals surface area contributed by atoms with Gasteiger partial charge in [-0.15, -0.1) is 22.7 Å². The van der Waals surface area contributed by atoms with E-state index in [0.717, 1.165) is 28.3 Å². The van der Waals surface area contributed by atoms with Crippen LogP contribution < -0.4 is 0 Å². The Morgan fingerprint density at radius 2 is 2.16 bits per heavy atom. The maximum absolute atomic E-state index is 9.40. The van der Waals surface area contributed by atoms with Gasteiger partial charge in [0.05, 0.1) is 5.56 Å². The fourth-order valence-electron chi connectivity index (χ4n) is 2.42. The van der Waals surface area contributed by atoms with Crippen LogP contribution in [-0.4, -0.2) is 6.21 Å². The van der Waals surface area contributed by atoms with Gasteiger partial charge in [-0.05, 0) is 42.7 Å². The van der Waals surface area contributed by atoms with E-state index < -0.39 is 0 Å². The van der Waals surface area contributed by atoms with Crippen molar-refractivity contribution >= 4 is 33.9 Å². The van der Waals surface area contributed by atoms with Crippen LogP contribution in [0.1, 0.15) is 40.1 Å². The fourth-order valence-corrected chi connectivity index (χ4v) is 4.19. The average Bonchev–Trinajstić information content (AvgIpc) is 2.99. The monoisotopic (exact) mass is 286 g/mol. The molecule has 0 N–H and O–H groups in total. The van der Waals surface area contributed by atoms with Gasteiger partial charge >= 0.3 is 0 Å². The molecule has 0 unspecified atom stereocenters. The highest BCUT2D eigenvalue weighted by molar-refractivity contribution is 7.16. The Hall–Kier alpha value is -1.44. The first-order valence-corrected chi connectivity index (χ1v) is 8.20. The van der Waals surface area contributed by atoms with Gasteiger partial charge < -0.3 is 0 Å². The predicted octanol–water partition coefficient (Wildman–Crippen LogP) is 4.70. The molecule has 2 heterocycles. The van der Waals surface area contributed by atoms with Crippen molar-refractivity contribution in [3.63, 3.8) is 0 Å². The van der Waals surface area contributed by atoms with E-state index in [1.165, 1.54) is 29.7 Å². The van der Waals surface area contributed by atoms with Gasteiger partial charge in [-0.2, -0.15) is 5.26 Å². The number of nitrogens with zero attached hydrogens (tertiary/aromatic N) is 2. The predicted molar refractivity (Wildman–Crippen MR) is 81.9 cm³/mol. The topological polar surface area (TPSA) is 36.1 Å². The molecule has 4 heteroatoms. The normalized spacial score (nSPS) is 15.1. The molecule has 0 saturated carbocycles. The number of aryl methyl sites for hydroxylation is 1.